The molecule has 0 spiro atoms. The number of rotatable bonds is 17. The maximum Gasteiger partial charge on any atom is 0.326 e. The molecule has 38 heavy (non-hydrogen) atoms. The Morgan fingerprint density at radius 1 is 0.789 bits per heavy atom. The zero-order valence-electron chi connectivity index (χ0n) is 21.6. The fraction of sp³-hybridized carbons (Fsp3) is 0.520. The highest BCUT2D eigenvalue weighted by Gasteiger charge is 2.31. The number of carbonyl (C=O) groups excluding carboxylic acids is 5. The van der Waals surface area contributed by atoms with Crippen LogP contribution in [-0.2, 0) is 35.2 Å². The zero-order chi connectivity index (χ0) is 28.8. The van der Waals surface area contributed by atoms with Gasteiger partial charge in [-0.05, 0) is 24.3 Å². The molecule has 5 atom stereocenters. The summed E-state index contributed by atoms with van der Waals surface area (Å²) in [6.07, 6.45) is -0.345. The summed E-state index contributed by atoms with van der Waals surface area (Å²) in [5, 5.41) is 16.9. The number of amides is 5. The van der Waals surface area contributed by atoms with Gasteiger partial charge in [-0.3, -0.25) is 24.0 Å². The van der Waals surface area contributed by atoms with Gasteiger partial charge in [-0.2, -0.15) is 0 Å². The fourth-order valence-electron chi connectivity index (χ4n) is 3.49. The lowest BCUT2D eigenvalue weighted by Crippen LogP contribution is -2.58. The number of carboxylic acid groups (broad SMARTS) is 1. The lowest BCUT2D eigenvalue weighted by Gasteiger charge is -2.26. The standard InChI is InChI=1S/C25H38N6O7/c1-3-14(2)21(28)24(36)30-17(10-12-20(27)33)22(34)29-16(9-11-19(26)32)23(35)31-18(25(37)38)13-15-7-5-4-6-8-15/h4-8,14,16-18,21H,3,9-13,28H2,1-2H3,(H2,26,32)(H2,27,33)(H,29,34)(H,30,36)(H,31,35)(H,37,38). The Labute approximate surface area is 221 Å². The van der Waals surface area contributed by atoms with E-state index in [4.69, 9.17) is 17.2 Å². The maximum absolute atomic E-state index is 13.1. The number of hydrogen-bond donors (Lipinski definition) is 7. The summed E-state index contributed by atoms with van der Waals surface area (Å²) in [6.45, 7) is 3.61. The van der Waals surface area contributed by atoms with E-state index in [1.807, 2.05) is 6.92 Å². The summed E-state index contributed by atoms with van der Waals surface area (Å²) in [6, 6.07) is 3.73. The number of hydrogen-bond acceptors (Lipinski definition) is 7. The molecule has 0 aromatic heterocycles. The highest BCUT2D eigenvalue weighted by molar-refractivity contribution is 5.94. The van der Waals surface area contributed by atoms with Crippen LogP contribution in [0.2, 0.25) is 0 Å². The molecule has 0 heterocycles. The van der Waals surface area contributed by atoms with Crippen LogP contribution in [0.25, 0.3) is 0 Å². The number of carboxylic acids is 1. The van der Waals surface area contributed by atoms with Crippen LogP contribution in [0.15, 0.2) is 30.3 Å². The Kier molecular flexibility index (Phi) is 13.5. The summed E-state index contributed by atoms with van der Waals surface area (Å²) < 4.78 is 0. The molecule has 1 aromatic rings. The normalized spacial score (nSPS) is 14.7. The Balaban J connectivity index is 3.08. The van der Waals surface area contributed by atoms with E-state index in [1.165, 1.54) is 0 Å². The first-order chi connectivity index (χ1) is 17.8. The van der Waals surface area contributed by atoms with Gasteiger partial charge in [-0.1, -0.05) is 50.6 Å². The van der Waals surface area contributed by atoms with Gasteiger partial charge in [-0.15, -0.1) is 0 Å². The van der Waals surface area contributed by atoms with E-state index >= 15 is 0 Å². The van der Waals surface area contributed by atoms with Crippen molar-refractivity contribution in [2.75, 3.05) is 0 Å². The van der Waals surface area contributed by atoms with Crippen LogP contribution in [0.4, 0.5) is 0 Å². The van der Waals surface area contributed by atoms with Gasteiger partial charge in [-0.25, -0.2) is 4.79 Å². The largest absolute Gasteiger partial charge is 0.480 e. The number of nitrogens with one attached hydrogen (secondary N) is 3. The predicted molar refractivity (Wildman–Crippen MR) is 138 cm³/mol. The first kappa shape index (κ1) is 32.0. The van der Waals surface area contributed by atoms with Crippen molar-refractivity contribution >= 4 is 35.5 Å². The molecule has 210 valence electrons. The van der Waals surface area contributed by atoms with Gasteiger partial charge >= 0.3 is 5.97 Å². The molecule has 0 aliphatic heterocycles. The van der Waals surface area contributed by atoms with E-state index < -0.39 is 59.7 Å². The third kappa shape index (κ3) is 11.4. The molecule has 13 nitrogen and oxygen atoms in total. The van der Waals surface area contributed by atoms with E-state index in [0.29, 0.717) is 12.0 Å². The van der Waals surface area contributed by atoms with Gasteiger partial charge in [0.1, 0.15) is 18.1 Å². The van der Waals surface area contributed by atoms with Crippen LogP contribution in [0.5, 0.6) is 0 Å². The summed E-state index contributed by atoms with van der Waals surface area (Å²) in [5.74, 6) is -5.27. The lowest BCUT2D eigenvalue weighted by molar-refractivity contribution is -0.142. The van der Waals surface area contributed by atoms with Crippen molar-refractivity contribution in [1.82, 2.24) is 16.0 Å². The number of carbonyl (C=O) groups is 6. The Morgan fingerprint density at radius 3 is 1.66 bits per heavy atom. The van der Waals surface area contributed by atoms with E-state index in [-0.39, 0.29) is 38.0 Å². The Hall–Kier alpha value is -4.00. The molecule has 0 bridgehead atoms. The fourth-order valence-corrected chi connectivity index (χ4v) is 3.49. The van der Waals surface area contributed by atoms with Gasteiger partial charge in [0.15, 0.2) is 0 Å². The van der Waals surface area contributed by atoms with Gasteiger partial charge < -0.3 is 38.3 Å². The minimum atomic E-state index is -1.36. The first-order valence-corrected chi connectivity index (χ1v) is 12.4. The molecule has 0 radical (unpaired) electrons. The second-order valence-corrected chi connectivity index (χ2v) is 9.13. The number of benzene rings is 1. The van der Waals surface area contributed by atoms with Crippen LogP contribution in [0, 0.1) is 5.92 Å². The van der Waals surface area contributed by atoms with E-state index in [2.05, 4.69) is 16.0 Å². The van der Waals surface area contributed by atoms with E-state index in [1.54, 1.807) is 37.3 Å². The average molecular weight is 535 g/mol. The highest BCUT2D eigenvalue weighted by Crippen LogP contribution is 2.09. The maximum atomic E-state index is 13.1. The Bertz CT molecular complexity index is 988. The van der Waals surface area contributed by atoms with Crippen molar-refractivity contribution in [2.24, 2.45) is 23.1 Å². The SMILES string of the molecule is CCC(C)C(N)C(=O)NC(CCC(N)=O)C(=O)NC(CCC(N)=O)C(=O)NC(Cc1ccccc1)C(=O)O. The van der Waals surface area contributed by atoms with E-state index in [9.17, 15) is 33.9 Å². The molecule has 0 saturated heterocycles. The van der Waals surface area contributed by atoms with Crippen molar-refractivity contribution in [3.05, 3.63) is 35.9 Å². The number of nitrogens with two attached hydrogens (primary N) is 3. The molecule has 0 aliphatic rings. The monoisotopic (exact) mass is 534 g/mol. The quantitative estimate of drug-likeness (QED) is 0.126. The minimum Gasteiger partial charge on any atom is -0.480 e. The van der Waals surface area contributed by atoms with Crippen LogP contribution in [0.3, 0.4) is 0 Å². The summed E-state index contributed by atoms with van der Waals surface area (Å²) in [5.41, 5.74) is 17.0. The third-order valence-electron chi connectivity index (χ3n) is 6.08. The molecule has 0 aliphatic carbocycles. The predicted octanol–water partition coefficient (Wildman–Crippen LogP) is -1.33. The van der Waals surface area contributed by atoms with Crippen molar-refractivity contribution < 1.29 is 33.9 Å². The molecule has 13 heteroatoms. The van der Waals surface area contributed by atoms with Gasteiger partial charge in [0.25, 0.3) is 0 Å². The first-order valence-electron chi connectivity index (χ1n) is 12.4. The minimum absolute atomic E-state index is 0.0246. The second-order valence-electron chi connectivity index (χ2n) is 9.13. The van der Waals surface area contributed by atoms with Crippen LogP contribution < -0.4 is 33.2 Å². The van der Waals surface area contributed by atoms with Crippen LogP contribution in [0.1, 0.15) is 51.5 Å². The summed E-state index contributed by atoms with van der Waals surface area (Å²) >= 11 is 0. The number of primary amides is 2. The van der Waals surface area contributed by atoms with Gasteiger partial charge in [0, 0.05) is 19.3 Å². The molecule has 10 N–H and O–H groups in total. The summed E-state index contributed by atoms with van der Waals surface area (Å²) in [4.78, 5) is 73.2. The van der Waals surface area contributed by atoms with Crippen molar-refractivity contribution in [1.29, 1.82) is 0 Å². The van der Waals surface area contributed by atoms with Crippen molar-refractivity contribution in [3.8, 4) is 0 Å². The zero-order valence-corrected chi connectivity index (χ0v) is 21.6. The van der Waals surface area contributed by atoms with E-state index in [0.717, 1.165) is 0 Å². The molecule has 5 unspecified atom stereocenters. The van der Waals surface area contributed by atoms with Crippen molar-refractivity contribution in [3.63, 3.8) is 0 Å². The van der Waals surface area contributed by atoms with Crippen LogP contribution >= 0.6 is 0 Å². The lowest BCUT2D eigenvalue weighted by atomic mass is 9.98. The topological polar surface area (TPSA) is 237 Å². The van der Waals surface area contributed by atoms with Gasteiger partial charge in [0.2, 0.25) is 29.5 Å². The number of aliphatic carboxylic acids is 1. The summed E-state index contributed by atoms with van der Waals surface area (Å²) in [7, 11) is 0. The Morgan fingerprint density at radius 2 is 1.24 bits per heavy atom. The van der Waals surface area contributed by atoms with Crippen molar-refractivity contribution in [2.45, 2.75) is 76.5 Å². The molecule has 0 saturated carbocycles. The van der Waals surface area contributed by atoms with Crippen LogP contribution in [-0.4, -0.2) is 64.8 Å². The molecule has 0 fully saturated rings. The third-order valence-corrected chi connectivity index (χ3v) is 6.08. The molecule has 1 aromatic carbocycles. The second kappa shape index (κ2) is 16.0. The van der Waals surface area contributed by atoms with Gasteiger partial charge in [0.05, 0.1) is 6.04 Å². The molecular formula is C25H38N6O7. The molecule has 1 rings (SSSR count). The molecule has 5 amide bonds. The molecular weight excluding hydrogens is 496 g/mol. The average Bonchev–Trinajstić information content (AvgIpc) is 2.87. The highest BCUT2D eigenvalue weighted by atomic mass is 16.4. The smallest absolute Gasteiger partial charge is 0.326 e.